The van der Waals surface area contributed by atoms with Crippen LogP contribution in [0.4, 0.5) is 4.79 Å². The highest BCUT2D eigenvalue weighted by molar-refractivity contribution is 7.91. The van der Waals surface area contributed by atoms with Gasteiger partial charge in [0.2, 0.25) is 10.0 Å². The molecule has 1 saturated heterocycles. The van der Waals surface area contributed by atoms with Crippen LogP contribution in [0.2, 0.25) is 0 Å². The Hall–Kier alpha value is -2.16. The largest absolute Gasteiger partial charge is 0.507 e. The van der Waals surface area contributed by atoms with Crippen molar-refractivity contribution < 1.29 is 31.5 Å². The summed E-state index contributed by atoms with van der Waals surface area (Å²) in [5.74, 6) is -0.804. The molecule has 1 heterocycles. The van der Waals surface area contributed by atoms with Gasteiger partial charge in [-0.1, -0.05) is 6.07 Å². The molecule has 9 nitrogen and oxygen atoms in total. The van der Waals surface area contributed by atoms with Crippen LogP contribution in [0, 0.1) is 11.3 Å². The monoisotopic (exact) mass is 374 g/mol. The molecule has 2 rings (SSSR count). The summed E-state index contributed by atoms with van der Waals surface area (Å²) in [5.41, 5.74) is -1.75. The SMILES string of the molecule is N#Cc1cccc(S(=O)(=O)NC2(OC(=O)O)CCS(=O)(=O)CC2)c1. The summed E-state index contributed by atoms with van der Waals surface area (Å²) >= 11 is 0. The highest BCUT2D eigenvalue weighted by Crippen LogP contribution is 2.28. The van der Waals surface area contributed by atoms with E-state index in [1.54, 1.807) is 6.07 Å². The van der Waals surface area contributed by atoms with Crippen LogP contribution in [0.3, 0.4) is 0 Å². The van der Waals surface area contributed by atoms with Gasteiger partial charge in [-0.25, -0.2) is 21.6 Å². The first-order valence-electron chi connectivity index (χ1n) is 6.74. The number of sulfonamides is 1. The number of nitriles is 1. The zero-order valence-corrected chi connectivity index (χ0v) is 13.9. The molecule has 0 amide bonds. The van der Waals surface area contributed by atoms with E-state index in [0.29, 0.717) is 0 Å². The van der Waals surface area contributed by atoms with E-state index < -0.39 is 43.2 Å². The number of hydrogen-bond donors (Lipinski definition) is 2. The number of nitrogens with zero attached hydrogens (tertiary/aromatic N) is 1. The molecule has 0 bridgehead atoms. The first kappa shape index (κ1) is 18.2. The van der Waals surface area contributed by atoms with Crippen molar-refractivity contribution >= 4 is 26.0 Å². The van der Waals surface area contributed by atoms with E-state index in [-0.39, 0.29) is 23.3 Å². The maximum atomic E-state index is 12.5. The molecule has 0 aliphatic carbocycles. The predicted molar refractivity (Wildman–Crippen MR) is 81.2 cm³/mol. The number of benzene rings is 1. The van der Waals surface area contributed by atoms with Gasteiger partial charge in [-0.05, 0) is 18.2 Å². The second-order valence-electron chi connectivity index (χ2n) is 5.26. The number of carbonyl (C=O) groups is 1. The molecule has 130 valence electrons. The second kappa shape index (κ2) is 6.39. The van der Waals surface area contributed by atoms with E-state index in [4.69, 9.17) is 10.4 Å². The van der Waals surface area contributed by atoms with Gasteiger partial charge in [0.25, 0.3) is 0 Å². The van der Waals surface area contributed by atoms with Gasteiger partial charge in [0, 0.05) is 12.8 Å². The number of ether oxygens (including phenoxy) is 1. The van der Waals surface area contributed by atoms with Gasteiger partial charge < -0.3 is 9.84 Å². The van der Waals surface area contributed by atoms with Gasteiger partial charge >= 0.3 is 6.16 Å². The third kappa shape index (κ3) is 4.22. The second-order valence-corrected chi connectivity index (χ2v) is 9.25. The smallest absolute Gasteiger partial charge is 0.450 e. The average molecular weight is 374 g/mol. The van der Waals surface area contributed by atoms with E-state index in [1.165, 1.54) is 18.2 Å². The molecule has 1 aliphatic heterocycles. The van der Waals surface area contributed by atoms with E-state index in [2.05, 4.69) is 9.46 Å². The summed E-state index contributed by atoms with van der Waals surface area (Å²) in [6.45, 7) is 0. The van der Waals surface area contributed by atoms with Gasteiger partial charge in [0.05, 0.1) is 28.0 Å². The zero-order chi connectivity index (χ0) is 18.0. The molecule has 24 heavy (non-hydrogen) atoms. The summed E-state index contributed by atoms with van der Waals surface area (Å²) in [7, 11) is -7.59. The maximum absolute atomic E-state index is 12.5. The first-order chi connectivity index (χ1) is 11.1. The van der Waals surface area contributed by atoms with Crippen LogP contribution in [0.5, 0.6) is 0 Å². The van der Waals surface area contributed by atoms with Crippen LogP contribution in [-0.2, 0) is 24.6 Å². The Bertz CT molecular complexity index is 886. The Labute approximate surface area is 138 Å². The lowest BCUT2D eigenvalue weighted by molar-refractivity contribution is -0.0327. The van der Waals surface area contributed by atoms with Crippen molar-refractivity contribution in [3.05, 3.63) is 29.8 Å². The zero-order valence-electron chi connectivity index (χ0n) is 12.3. The molecule has 0 atom stereocenters. The molecular formula is C13H14N2O7S2. The van der Waals surface area contributed by atoms with Crippen LogP contribution < -0.4 is 4.72 Å². The first-order valence-corrected chi connectivity index (χ1v) is 10.0. The van der Waals surface area contributed by atoms with E-state index in [9.17, 15) is 21.6 Å². The van der Waals surface area contributed by atoms with Crippen LogP contribution >= 0.6 is 0 Å². The third-order valence-corrected chi connectivity index (χ3v) is 6.68. The number of sulfone groups is 1. The van der Waals surface area contributed by atoms with Crippen molar-refractivity contribution in [3.63, 3.8) is 0 Å². The molecular weight excluding hydrogens is 360 g/mol. The normalized spacial score (nSPS) is 19.1. The highest BCUT2D eigenvalue weighted by Gasteiger charge is 2.44. The van der Waals surface area contributed by atoms with Crippen molar-refractivity contribution in [1.82, 2.24) is 4.72 Å². The number of carboxylic acid groups (broad SMARTS) is 1. The van der Waals surface area contributed by atoms with Crippen molar-refractivity contribution in [2.24, 2.45) is 0 Å². The molecule has 0 saturated carbocycles. The molecule has 0 radical (unpaired) electrons. The van der Waals surface area contributed by atoms with E-state index in [1.807, 2.05) is 0 Å². The van der Waals surface area contributed by atoms with Crippen LogP contribution in [0.1, 0.15) is 18.4 Å². The Morgan fingerprint density at radius 2 is 1.96 bits per heavy atom. The Kier molecular flexibility index (Phi) is 4.84. The fraction of sp³-hybridized carbons (Fsp3) is 0.385. The lowest BCUT2D eigenvalue weighted by Gasteiger charge is -2.35. The lowest BCUT2D eigenvalue weighted by atomic mass is 10.1. The van der Waals surface area contributed by atoms with Crippen molar-refractivity contribution in [2.45, 2.75) is 23.5 Å². The summed E-state index contributed by atoms with van der Waals surface area (Å²) in [6, 6.07) is 6.93. The molecule has 0 unspecified atom stereocenters. The summed E-state index contributed by atoms with van der Waals surface area (Å²) < 4.78 is 54.8. The van der Waals surface area contributed by atoms with Crippen LogP contribution in [0.25, 0.3) is 0 Å². The Balaban J connectivity index is 2.35. The molecule has 0 spiro atoms. The minimum atomic E-state index is -4.22. The fourth-order valence-corrected chi connectivity index (χ4v) is 5.18. The van der Waals surface area contributed by atoms with Gasteiger partial charge in [0.15, 0.2) is 15.6 Å². The topological polar surface area (TPSA) is 151 Å². The summed E-state index contributed by atoms with van der Waals surface area (Å²) in [6.07, 6.45) is -2.39. The molecule has 1 aromatic carbocycles. The van der Waals surface area contributed by atoms with E-state index >= 15 is 0 Å². The van der Waals surface area contributed by atoms with Gasteiger partial charge in [-0.2, -0.15) is 9.98 Å². The average Bonchev–Trinajstić information content (AvgIpc) is 2.50. The minimum Gasteiger partial charge on any atom is -0.450 e. The van der Waals surface area contributed by atoms with Crippen LogP contribution in [-0.4, -0.2) is 45.3 Å². The number of rotatable bonds is 4. The van der Waals surface area contributed by atoms with Gasteiger partial charge in [-0.3, -0.25) is 0 Å². The predicted octanol–water partition coefficient (Wildman–Crippen LogP) is 0.436. The Morgan fingerprint density at radius 1 is 1.33 bits per heavy atom. The Morgan fingerprint density at radius 3 is 2.50 bits per heavy atom. The summed E-state index contributed by atoms with van der Waals surface area (Å²) in [4.78, 5) is 10.7. The highest BCUT2D eigenvalue weighted by atomic mass is 32.2. The molecule has 2 N–H and O–H groups in total. The fourth-order valence-electron chi connectivity index (χ4n) is 2.30. The molecule has 1 fully saturated rings. The van der Waals surface area contributed by atoms with Gasteiger partial charge in [-0.15, -0.1) is 0 Å². The molecule has 1 aromatic rings. The minimum absolute atomic E-state index is 0.109. The third-order valence-electron chi connectivity index (χ3n) is 3.51. The summed E-state index contributed by atoms with van der Waals surface area (Å²) in [5, 5.41) is 17.7. The quantitative estimate of drug-likeness (QED) is 0.569. The molecule has 0 aromatic heterocycles. The number of nitrogens with one attached hydrogen (secondary N) is 1. The van der Waals surface area contributed by atoms with Crippen molar-refractivity contribution in [1.29, 1.82) is 5.26 Å². The van der Waals surface area contributed by atoms with Gasteiger partial charge in [0.1, 0.15) is 0 Å². The molecule has 11 heteroatoms. The standard InChI is InChI=1S/C13H14N2O7S2/c14-9-10-2-1-3-11(8-10)24(20,21)15-13(22-12(16)17)4-6-23(18,19)7-5-13/h1-3,8,15H,4-7H2,(H,16,17). The van der Waals surface area contributed by atoms with Crippen LogP contribution in [0.15, 0.2) is 29.2 Å². The van der Waals surface area contributed by atoms with Crippen molar-refractivity contribution in [3.8, 4) is 6.07 Å². The van der Waals surface area contributed by atoms with Crippen molar-refractivity contribution in [2.75, 3.05) is 11.5 Å². The maximum Gasteiger partial charge on any atom is 0.507 e. The lowest BCUT2D eigenvalue weighted by Crippen LogP contribution is -2.55. The number of hydrogen-bond acceptors (Lipinski definition) is 7. The van der Waals surface area contributed by atoms with E-state index in [0.717, 1.165) is 6.07 Å². The molecule has 1 aliphatic rings.